The van der Waals surface area contributed by atoms with E-state index in [1.807, 2.05) is 18.2 Å². The number of nitro groups is 1. The number of para-hydroxylation sites is 2. The lowest BCUT2D eigenvalue weighted by atomic mass is 10.0. The average molecular weight is 382 g/mol. The molecule has 3 rings (SSSR count). The summed E-state index contributed by atoms with van der Waals surface area (Å²) >= 11 is 0. The predicted octanol–water partition coefficient (Wildman–Crippen LogP) is 3.18. The van der Waals surface area contributed by atoms with Crippen LogP contribution in [-0.2, 0) is 11.3 Å². The fraction of sp³-hybridized carbons (Fsp3) is 0.381. The van der Waals surface area contributed by atoms with E-state index < -0.39 is 4.92 Å². The quantitative estimate of drug-likeness (QED) is 0.541. The molecule has 1 atom stereocenters. The Morgan fingerprint density at radius 2 is 1.89 bits per heavy atom. The van der Waals surface area contributed by atoms with Gasteiger partial charge < -0.3 is 10.6 Å². The lowest BCUT2D eigenvalue weighted by Gasteiger charge is -2.33. The Kier molecular flexibility index (Phi) is 6.97. The van der Waals surface area contributed by atoms with Crippen molar-refractivity contribution in [3.63, 3.8) is 0 Å². The third-order valence-corrected chi connectivity index (χ3v) is 4.89. The molecule has 28 heavy (non-hydrogen) atoms. The number of hydrogen-bond donors (Lipinski definition) is 2. The molecule has 2 aromatic rings. The molecule has 0 saturated carbocycles. The molecule has 1 fully saturated rings. The largest absolute Gasteiger partial charge is 0.379 e. The maximum atomic E-state index is 12.3. The summed E-state index contributed by atoms with van der Waals surface area (Å²) in [7, 11) is 0. The van der Waals surface area contributed by atoms with Crippen molar-refractivity contribution in [3.8, 4) is 0 Å². The SMILES string of the molecule is O=C(CCNc1ccccc1[N+](=O)[O-])NC1CCCN(Cc2ccccc2)C1. The molecule has 1 unspecified atom stereocenters. The van der Waals surface area contributed by atoms with Crippen molar-refractivity contribution in [1.82, 2.24) is 10.2 Å². The molecule has 7 heteroatoms. The molecule has 1 aliphatic heterocycles. The Balaban J connectivity index is 1.43. The highest BCUT2D eigenvalue weighted by Gasteiger charge is 2.21. The summed E-state index contributed by atoms with van der Waals surface area (Å²) in [5, 5.41) is 17.1. The van der Waals surface area contributed by atoms with Gasteiger partial charge in [-0.1, -0.05) is 42.5 Å². The lowest BCUT2D eigenvalue weighted by Crippen LogP contribution is -2.47. The maximum Gasteiger partial charge on any atom is 0.292 e. The van der Waals surface area contributed by atoms with E-state index in [2.05, 4.69) is 27.7 Å². The molecule has 0 aromatic heterocycles. The minimum Gasteiger partial charge on any atom is -0.379 e. The molecule has 148 valence electrons. The van der Waals surface area contributed by atoms with Crippen molar-refractivity contribution in [1.29, 1.82) is 0 Å². The number of nitrogens with one attached hydrogen (secondary N) is 2. The number of nitrogens with zero attached hydrogens (tertiary/aromatic N) is 2. The van der Waals surface area contributed by atoms with Gasteiger partial charge in [0.05, 0.1) is 4.92 Å². The Morgan fingerprint density at radius 1 is 1.14 bits per heavy atom. The van der Waals surface area contributed by atoms with Crippen LogP contribution >= 0.6 is 0 Å². The third-order valence-electron chi connectivity index (χ3n) is 4.89. The molecule has 2 N–H and O–H groups in total. The number of amides is 1. The zero-order valence-electron chi connectivity index (χ0n) is 15.8. The number of hydrogen-bond acceptors (Lipinski definition) is 5. The van der Waals surface area contributed by atoms with E-state index in [4.69, 9.17) is 0 Å². The monoisotopic (exact) mass is 382 g/mol. The minimum atomic E-state index is -0.425. The van der Waals surface area contributed by atoms with Crippen LogP contribution in [0.25, 0.3) is 0 Å². The second-order valence-corrected chi connectivity index (χ2v) is 7.08. The smallest absolute Gasteiger partial charge is 0.292 e. The Hall–Kier alpha value is -2.93. The predicted molar refractivity (Wildman–Crippen MR) is 109 cm³/mol. The molecule has 0 aliphatic carbocycles. The van der Waals surface area contributed by atoms with Crippen LogP contribution < -0.4 is 10.6 Å². The number of benzene rings is 2. The van der Waals surface area contributed by atoms with Crippen LogP contribution in [0.1, 0.15) is 24.8 Å². The van der Waals surface area contributed by atoms with Crippen LogP contribution in [0.2, 0.25) is 0 Å². The first kappa shape index (κ1) is 19.8. The van der Waals surface area contributed by atoms with Gasteiger partial charge in [0.15, 0.2) is 0 Å². The van der Waals surface area contributed by atoms with Crippen LogP contribution in [0, 0.1) is 10.1 Å². The fourth-order valence-electron chi connectivity index (χ4n) is 3.55. The molecule has 7 nitrogen and oxygen atoms in total. The number of nitro benzene ring substituents is 1. The zero-order chi connectivity index (χ0) is 19.8. The van der Waals surface area contributed by atoms with Gasteiger partial charge in [-0.2, -0.15) is 0 Å². The van der Waals surface area contributed by atoms with Crippen molar-refractivity contribution in [3.05, 3.63) is 70.3 Å². The van der Waals surface area contributed by atoms with Gasteiger partial charge in [-0.3, -0.25) is 19.8 Å². The molecule has 1 aliphatic rings. The Bertz CT molecular complexity index is 797. The number of piperidine rings is 1. The van der Waals surface area contributed by atoms with Crippen LogP contribution in [0.15, 0.2) is 54.6 Å². The normalized spacial score (nSPS) is 17.1. The number of anilines is 1. The molecule has 0 bridgehead atoms. The summed E-state index contributed by atoms with van der Waals surface area (Å²) in [5.74, 6) is -0.0300. The van der Waals surface area contributed by atoms with Gasteiger partial charge >= 0.3 is 0 Å². The molecule has 0 radical (unpaired) electrons. The molecular weight excluding hydrogens is 356 g/mol. The van der Waals surface area contributed by atoms with Crippen molar-refractivity contribution in [2.75, 3.05) is 25.0 Å². The molecule has 1 amide bonds. The van der Waals surface area contributed by atoms with Crippen molar-refractivity contribution in [2.24, 2.45) is 0 Å². The van der Waals surface area contributed by atoms with E-state index in [1.54, 1.807) is 18.2 Å². The second kappa shape index (κ2) is 9.85. The number of carbonyl (C=O) groups excluding carboxylic acids is 1. The van der Waals surface area contributed by atoms with Gasteiger partial charge in [0.25, 0.3) is 5.69 Å². The molecule has 1 heterocycles. The van der Waals surface area contributed by atoms with E-state index in [0.29, 0.717) is 12.2 Å². The summed E-state index contributed by atoms with van der Waals surface area (Å²) < 4.78 is 0. The van der Waals surface area contributed by atoms with E-state index in [-0.39, 0.29) is 24.1 Å². The standard InChI is InChI=1S/C21H26N4O3/c26-21(12-13-22-19-10-4-5-11-20(19)25(27)28)23-18-9-6-14-24(16-18)15-17-7-2-1-3-8-17/h1-5,7-8,10-11,18,22H,6,9,12-16H2,(H,23,26). The molecule has 1 saturated heterocycles. The van der Waals surface area contributed by atoms with Crippen LogP contribution in [-0.4, -0.2) is 41.4 Å². The maximum absolute atomic E-state index is 12.3. The van der Waals surface area contributed by atoms with Gasteiger partial charge in [-0.05, 0) is 31.0 Å². The molecule has 2 aromatic carbocycles. The van der Waals surface area contributed by atoms with Crippen molar-refractivity contribution >= 4 is 17.3 Å². The van der Waals surface area contributed by atoms with Crippen LogP contribution in [0.5, 0.6) is 0 Å². The van der Waals surface area contributed by atoms with Gasteiger partial charge in [0, 0.05) is 38.2 Å². The molecular formula is C21H26N4O3. The minimum absolute atomic E-state index is 0.0201. The summed E-state index contributed by atoms with van der Waals surface area (Å²) in [6.45, 7) is 3.14. The second-order valence-electron chi connectivity index (χ2n) is 7.08. The fourth-order valence-corrected chi connectivity index (χ4v) is 3.55. The summed E-state index contributed by atoms with van der Waals surface area (Å²) in [4.78, 5) is 25.3. The van der Waals surface area contributed by atoms with Gasteiger partial charge in [-0.25, -0.2) is 0 Å². The first-order chi connectivity index (χ1) is 13.6. The number of rotatable bonds is 8. The van der Waals surface area contributed by atoms with Gasteiger partial charge in [0.1, 0.15) is 5.69 Å². The third kappa shape index (κ3) is 5.79. The first-order valence-corrected chi connectivity index (χ1v) is 9.65. The Labute approximate surface area is 164 Å². The lowest BCUT2D eigenvalue weighted by molar-refractivity contribution is -0.384. The number of carbonyl (C=O) groups is 1. The highest BCUT2D eigenvalue weighted by Crippen LogP contribution is 2.22. The van der Waals surface area contributed by atoms with E-state index in [9.17, 15) is 14.9 Å². The van der Waals surface area contributed by atoms with E-state index >= 15 is 0 Å². The highest BCUT2D eigenvalue weighted by molar-refractivity contribution is 5.77. The van der Waals surface area contributed by atoms with Crippen molar-refractivity contribution in [2.45, 2.75) is 31.8 Å². The van der Waals surface area contributed by atoms with Crippen LogP contribution in [0.4, 0.5) is 11.4 Å². The molecule has 0 spiro atoms. The topological polar surface area (TPSA) is 87.5 Å². The summed E-state index contributed by atoms with van der Waals surface area (Å²) in [6.07, 6.45) is 2.32. The highest BCUT2D eigenvalue weighted by atomic mass is 16.6. The Morgan fingerprint density at radius 3 is 2.68 bits per heavy atom. The van der Waals surface area contributed by atoms with E-state index in [1.165, 1.54) is 11.6 Å². The van der Waals surface area contributed by atoms with Crippen LogP contribution in [0.3, 0.4) is 0 Å². The average Bonchev–Trinajstić information content (AvgIpc) is 2.69. The zero-order valence-corrected chi connectivity index (χ0v) is 15.8. The summed E-state index contributed by atoms with van der Waals surface area (Å²) in [5.41, 5.74) is 1.74. The van der Waals surface area contributed by atoms with Gasteiger partial charge in [0.2, 0.25) is 5.91 Å². The van der Waals surface area contributed by atoms with E-state index in [0.717, 1.165) is 32.5 Å². The first-order valence-electron chi connectivity index (χ1n) is 9.65. The summed E-state index contributed by atoms with van der Waals surface area (Å²) in [6, 6.07) is 17.0. The number of likely N-dealkylation sites (tertiary alicyclic amines) is 1. The van der Waals surface area contributed by atoms with Crippen molar-refractivity contribution < 1.29 is 9.72 Å². The van der Waals surface area contributed by atoms with Gasteiger partial charge in [-0.15, -0.1) is 0 Å².